The summed E-state index contributed by atoms with van der Waals surface area (Å²) in [6.45, 7) is 9.42. The van der Waals surface area contributed by atoms with Crippen molar-refractivity contribution in [3.05, 3.63) is 22.4 Å². The lowest BCUT2D eigenvalue weighted by Gasteiger charge is -2.23. The fraction of sp³-hybridized carbons (Fsp3) is 0.688. The molecule has 1 aromatic heterocycles. The highest BCUT2D eigenvalue weighted by molar-refractivity contribution is 7.10. The maximum Gasteiger partial charge on any atom is 0.244 e. The van der Waals surface area contributed by atoms with Crippen LogP contribution in [0.15, 0.2) is 17.5 Å². The zero-order chi connectivity index (χ0) is 14.8. The van der Waals surface area contributed by atoms with Crippen molar-refractivity contribution in [1.82, 2.24) is 10.2 Å². The fourth-order valence-corrected chi connectivity index (χ4v) is 3.49. The minimum atomic E-state index is -0.410. The first-order valence-electron chi connectivity index (χ1n) is 7.60. The zero-order valence-electron chi connectivity index (χ0n) is 13.0. The molecule has 112 valence electrons. The molecule has 0 saturated carbocycles. The van der Waals surface area contributed by atoms with Crippen LogP contribution in [0.25, 0.3) is 0 Å². The van der Waals surface area contributed by atoms with Crippen LogP contribution in [0, 0.1) is 5.92 Å². The van der Waals surface area contributed by atoms with E-state index in [1.54, 1.807) is 11.3 Å². The Morgan fingerprint density at radius 1 is 1.50 bits per heavy atom. The molecule has 1 N–H and O–H groups in total. The predicted molar refractivity (Wildman–Crippen MR) is 84.7 cm³/mol. The van der Waals surface area contributed by atoms with E-state index < -0.39 is 5.54 Å². The molecule has 1 amide bonds. The van der Waals surface area contributed by atoms with Crippen molar-refractivity contribution in [3.63, 3.8) is 0 Å². The number of thiophene rings is 1. The summed E-state index contributed by atoms with van der Waals surface area (Å²) >= 11 is 1.72. The Bertz CT molecular complexity index is 443. The van der Waals surface area contributed by atoms with Crippen molar-refractivity contribution in [2.45, 2.75) is 58.7 Å². The molecule has 1 saturated heterocycles. The molecule has 1 fully saturated rings. The normalized spacial score (nSPS) is 26.8. The molecule has 0 aliphatic carbocycles. The number of amides is 1. The average molecular weight is 294 g/mol. The third-order valence-corrected chi connectivity index (χ3v) is 5.12. The minimum absolute atomic E-state index is 0.0552. The molecule has 4 heteroatoms. The molecular formula is C16H26N2OS. The van der Waals surface area contributed by atoms with Gasteiger partial charge in [0.05, 0.1) is 5.54 Å². The number of hydrogen-bond donors (Lipinski definition) is 1. The molecule has 3 nitrogen and oxygen atoms in total. The number of nitrogens with one attached hydrogen (secondary N) is 1. The van der Waals surface area contributed by atoms with Crippen LogP contribution in [-0.4, -0.2) is 22.9 Å². The third-order valence-electron chi connectivity index (χ3n) is 4.20. The molecule has 0 bridgehead atoms. The molecule has 2 heterocycles. The summed E-state index contributed by atoms with van der Waals surface area (Å²) in [6, 6.07) is 4.17. The van der Waals surface area contributed by atoms with Gasteiger partial charge in [0, 0.05) is 11.4 Å². The average Bonchev–Trinajstić information content (AvgIpc) is 3.00. The van der Waals surface area contributed by atoms with Crippen molar-refractivity contribution in [2.75, 3.05) is 6.54 Å². The van der Waals surface area contributed by atoms with Gasteiger partial charge in [-0.3, -0.25) is 10.1 Å². The second-order valence-corrected chi connectivity index (χ2v) is 7.26. The minimum Gasteiger partial charge on any atom is -0.320 e. The van der Waals surface area contributed by atoms with Crippen molar-refractivity contribution in [1.29, 1.82) is 0 Å². The van der Waals surface area contributed by atoms with E-state index in [2.05, 4.69) is 43.6 Å². The molecule has 2 rings (SSSR count). The van der Waals surface area contributed by atoms with Gasteiger partial charge in [0.25, 0.3) is 0 Å². The lowest BCUT2D eigenvalue weighted by atomic mass is 9.99. The summed E-state index contributed by atoms with van der Waals surface area (Å²) in [5, 5.41) is 5.62. The molecule has 1 aliphatic rings. The van der Waals surface area contributed by atoms with Gasteiger partial charge in [-0.1, -0.05) is 26.8 Å². The van der Waals surface area contributed by atoms with Crippen LogP contribution >= 0.6 is 11.3 Å². The van der Waals surface area contributed by atoms with Gasteiger partial charge in [-0.15, -0.1) is 11.3 Å². The quantitative estimate of drug-likeness (QED) is 0.866. The Kier molecular flexibility index (Phi) is 4.86. The number of hydrogen-bond acceptors (Lipinski definition) is 3. The van der Waals surface area contributed by atoms with Gasteiger partial charge in [0.2, 0.25) is 5.91 Å². The van der Waals surface area contributed by atoms with Crippen molar-refractivity contribution in [3.8, 4) is 0 Å². The van der Waals surface area contributed by atoms with Crippen LogP contribution in [0.1, 0.15) is 58.0 Å². The Morgan fingerprint density at radius 2 is 2.25 bits per heavy atom. The van der Waals surface area contributed by atoms with Crippen molar-refractivity contribution >= 4 is 17.2 Å². The molecule has 1 aromatic rings. The third kappa shape index (κ3) is 3.07. The van der Waals surface area contributed by atoms with E-state index in [9.17, 15) is 4.79 Å². The molecule has 0 spiro atoms. The van der Waals surface area contributed by atoms with Crippen LogP contribution in [-0.2, 0) is 4.79 Å². The molecule has 0 aromatic carbocycles. The van der Waals surface area contributed by atoms with E-state index in [0.29, 0.717) is 5.92 Å². The van der Waals surface area contributed by atoms with Crippen LogP contribution in [0.3, 0.4) is 0 Å². The van der Waals surface area contributed by atoms with E-state index in [0.717, 1.165) is 19.4 Å². The highest BCUT2D eigenvalue weighted by Gasteiger charge is 2.47. The second-order valence-electron chi connectivity index (χ2n) is 6.28. The van der Waals surface area contributed by atoms with Gasteiger partial charge < -0.3 is 4.90 Å². The second kappa shape index (κ2) is 6.27. The Balaban J connectivity index is 2.13. The van der Waals surface area contributed by atoms with E-state index in [1.165, 1.54) is 11.3 Å². The summed E-state index contributed by atoms with van der Waals surface area (Å²) < 4.78 is 0. The summed E-state index contributed by atoms with van der Waals surface area (Å²) in [7, 11) is 0. The van der Waals surface area contributed by atoms with Gasteiger partial charge in [-0.25, -0.2) is 0 Å². The van der Waals surface area contributed by atoms with Gasteiger partial charge in [0.15, 0.2) is 0 Å². The topological polar surface area (TPSA) is 32.3 Å². The van der Waals surface area contributed by atoms with Crippen LogP contribution < -0.4 is 5.32 Å². The molecule has 2 atom stereocenters. The maximum absolute atomic E-state index is 12.7. The van der Waals surface area contributed by atoms with Gasteiger partial charge in [0.1, 0.15) is 6.17 Å². The first-order chi connectivity index (χ1) is 9.48. The summed E-state index contributed by atoms with van der Waals surface area (Å²) in [4.78, 5) is 16.0. The first-order valence-corrected chi connectivity index (χ1v) is 8.48. The monoisotopic (exact) mass is 294 g/mol. The Morgan fingerprint density at radius 3 is 2.80 bits per heavy atom. The molecule has 1 aliphatic heterocycles. The summed E-state index contributed by atoms with van der Waals surface area (Å²) in [5.74, 6) is 0.945. The largest absolute Gasteiger partial charge is 0.320 e. The highest BCUT2D eigenvalue weighted by atomic mass is 32.1. The molecule has 2 unspecified atom stereocenters. The fourth-order valence-electron chi connectivity index (χ4n) is 2.70. The number of nitrogens with zero attached hydrogens (tertiary/aromatic N) is 1. The van der Waals surface area contributed by atoms with Crippen LogP contribution in [0.4, 0.5) is 0 Å². The van der Waals surface area contributed by atoms with Crippen molar-refractivity contribution in [2.24, 2.45) is 5.92 Å². The summed E-state index contributed by atoms with van der Waals surface area (Å²) in [5.41, 5.74) is -0.410. The standard InChI is InChI=1S/C16H26N2OS/c1-5-16(4)15(19)18(10-6-8-12(2)3)14(17-16)13-9-7-11-20-13/h7,9,11-12,14,17H,5-6,8,10H2,1-4H3. The number of carbonyl (C=O) groups is 1. The van der Waals surface area contributed by atoms with E-state index in [-0.39, 0.29) is 12.1 Å². The van der Waals surface area contributed by atoms with Crippen LogP contribution in [0.5, 0.6) is 0 Å². The Hall–Kier alpha value is -0.870. The first kappa shape index (κ1) is 15.5. The Labute approximate surface area is 126 Å². The van der Waals surface area contributed by atoms with Crippen molar-refractivity contribution < 1.29 is 4.79 Å². The highest BCUT2D eigenvalue weighted by Crippen LogP contribution is 2.34. The van der Waals surface area contributed by atoms with E-state index in [4.69, 9.17) is 0 Å². The zero-order valence-corrected chi connectivity index (χ0v) is 13.8. The molecule has 20 heavy (non-hydrogen) atoms. The smallest absolute Gasteiger partial charge is 0.244 e. The lowest BCUT2D eigenvalue weighted by molar-refractivity contribution is -0.133. The molecular weight excluding hydrogens is 268 g/mol. The SMILES string of the molecule is CCC1(C)NC(c2cccs2)N(CCCC(C)C)C1=O. The van der Waals surface area contributed by atoms with E-state index >= 15 is 0 Å². The van der Waals surface area contributed by atoms with Gasteiger partial charge >= 0.3 is 0 Å². The predicted octanol–water partition coefficient (Wildman–Crippen LogP) is 3.78. The summed E-state index contributed by atoms with van der Waals surface area (Å²) in [6.07, 6.45) is 3.13. The maximum atomic E-state index is 12.7. The van der Waals surface area contributed by atoms with Crippen LogP contribution in [0.2, 0.25) is 0 Å². The van der Waals surface area contributed by atoms with Gasteiger partial charge in [-0.2, -0.15) is 0 Å². The lowest BCUT2D eigenvalue weighted by Crippen LogP contribution is -2.43. The van der Waals surface area contributed by atoms with E-state index in [1.807, 2.05) is 11.8 Å². The number of carbonyl (C=O) groups excluding carboxylic acids is 1. The van der Waals surface area contributed by atoms with Gasteiger partial charge in [-0.05, 0) is 43.6 Å². The number of rotatable bonds is 6. The molecule has 0 radical (unpaired) electrons.